The van der Waals surface area contributed by atoms with Crippen molar-refractivity contribution in [1.29, 1.82) is 0 Å². The maximum Gasteiger partial charge on any atom is 0.191 e. The van der Waals surface area contributed by atoms with Crippen LogP contribution in [0.2, 0.25) is 0 Å². The lowest BCUT2D eigenvalue weighted by atomic mass is 10.1. The van der Waals surface area contributed by atoms with Gasteiger partial charge in [-0.3, -0.25) is 4.99 Å². The number of hydrogen-bond acceptors (Lipinski definition) is 3. The largest absolute Gasteiger partial charge is 0.459 e. The summed E-state index contributed by atoms with van der Waals surface area (Å²) in [6.45, 7) is 5.84. The van der Waals surface area contributed by atoms with Crippen molar-refractivity contribution in [2.24, 2.45) is 10.9 Å². The molecule has 154 valence electrons. The molecule has 1 saturated heterocycles. The summed E-state index contributed by atoms with van der Waals surface area (Å²) >= 11 is 0. The predicted octanol–water partition coefficient (Wildman–Crippen LogP) is 4.55. The molecule has 0 aliphatic carbocycles. The van der Waals surface area contributed by atoms with Gasteiger partial charge in [-0.05, 0) is 37.5 Å². The van der Waals surface area contributed by atoms with Crippen LogP contribution in [0.25, 0.3) is 11.0 Å². The molecule has 1 atom stereocenters. The van der Waals surface area contributed by atoms with Crippen molar-refractivity contribution in [3.8, 4) is 0 Å². The third kappa shape index (κ3) is 5.04. The minimum absolute atomic E-state index is 0. The summed E-state index contributed by atoms with van der Waals surface area (Å²) in [5.41, 5.74) is 3.44. The van der Waals surface area contributed by atoms with Gasteiger partial charge in [0.05, 0.1) is 6.54 Å². The molecule has 1 unspecified atom stereocenters. The first kappa shape index (κ1) is 21.5. The van der Waals surface area contributed by atoms with Crippen molar-refractivity contribution < 1.29 is 4.42 Å². The molecule has 2 aromatic carbocycles. The quantitative estimate of drug-likeness (QED) is 0.304. The lowest BCUT2D eigenvalue weighted by Gasteiger charge is -2.19. The highest BCUT2D eigenvalue weighted by molar-refractivity contribution is 14.0. The maximum absolute atomic E-state index is 5.98. The highest BCUT2D eigenvalue weighted by Crippen LogP contribution is 2.25. The number of rotatable bonds is 5. The highest BCUT2D eigenvalue weighted by atomic mass is 127. The van der Waals surface area contributed by atoms with E-state index in [2.05, 4.69) is 63.8 Å². The second-order valence-corrected chi connectivity index (χ2v) is 7.39. The lowest BCUT2D eigenvalue weighted by Crippen LogP contribution is -2.40. The standard InChI is InChI=1S/C23H28N4O.HI/c1-17-20-10-6-7-11-21(20)28-22(17)15-26-23(24-2)25-14-18-12-13-27(16-18)19-8-4-3-5-9-19;/h3-11,18H,12-16H2,1-2H3,(H2,24,25,26);1H. The number of aryl methyl sites for hydroxylation is 1. The van der Waals surface area contributed by atoms with Gasteiger partial charge in [-0.2, -0.15) is 0 Å². The molecule has 0 spiro atoms. The zero-order valence-corrected chi connectivity index (χ0v) is 19.4. The first-order valence-corrected chi connectivity index (χ1v) is 9.96. The fraction of sp³-hybridized carbons (Fsp3) is 0.348. The van der Waals surface area contributed by atoms with E-state index in [-0.39, 0.29) is 24.0 Å². The predicted molar refractivity (Wildman–Crippen MR) is 131 cm³/mol. The van der Waals surface area contributed by atoms with Crippen LogP contribution in [-0.4, -0.2) is 32.6 Å². The Morgan fingerprint density at radius 1 is 1.10 bits per heavy atom. The average molecular weight is 504 g/mol. The Kier molecular flexibility index (Phi) is 7.41. The van der Waals surface area contributed by atoms with Gasteiger partial charge < -0.3 is 20.0 Å². The van der Waals surface area contributed by atoms with Crippen LogP contribution in [0.5, 0.6) is 0 Å². The molecule has 6 heteroatoms. The van der Waals surface area contributed by atoms with Gasteiger partial charge in [0.2, 0.25) is 0 Å². The van der Waals surface area contributed by atoms with Gasteiger partial charge >= 0.3 is 0 Å². The molecule has 3 aromatic rings. The number of anilines is 1. The van der Waals surface area contributed by atoms with Crippen LogP contribution in [0.15, 0.2) is 64.0 Å². The molecular weight excluding hydrogens is 475 g/mol. The first-order chi connectivity index (χ1) is 13.7. The van der Waals surface area contributed by atoms with Gasteiger partial charge in [-0.1, -0.05) is 36.4 Å². The number of nitrogens with zero attached hydrogens (tertiary/aromatic N) is 2. The number of hydrogen-bond donors (Lipinski definition) is 2. The van der Waals surface area contributed by atoms with Gasteiger partial charge in [-0.15, -0.1) is 24.0 Å². The molecule has 1 aliphatic rings. The van der Waals surface area contributed by atoms with Crippen LogP contribution in [0.4, 0.5) is 5.69 Å². The molecule has 0 amide bonds. The molecule has 4 rings (SSSR count). The van der Waals surface area contributed by atoms with E-state index in [0.717, 1.165) is 36.9 Å². The van der Waals surface area contributed by atoms with E-state index in [9.17, 15) is 0 Å². The summed E-state index contributed by atoms with van der Waals surface area (Å²) in [5, 5.41) is 8.04. The number of fused-ring (bicyclic) bond motifs is 1. The Labute approximate surface area is 189 Å². The Bertz CT molecular complexity index is 954. The van der Waals surface area contributed by atoms with E-state index in [0.29, 0.717) is 12.5 Å². The summed E-state index contributed by atoms with van der Waals surface area (Å²) in [5.74, 6) is 2.39. The zero-order valence-electron chi connectivity index (χ0n) is 17.0. The molecule has 0 radical (unpaired) electrons. The minimum atomic E-state index is 0. The number of halogens is 1. The van der Waals surface area contributed by atoms with Crippen molar-refractivity contribution >= 4 is 46.6 Å². The fourth-order valence-electron chi connectivity index (χ4n) is 3.89. The van der Waals surface area contributed by atoms with Crippen LogP contribution in [0, 0.1) is 12.8 Å². The fourth-order valence-corrected chi connectivity index (χ4v) is 3.89. The van der Waals surface area contributed by atoms with Gasteiger partial charge in [0.15, 0.2) is 5.96 Å². The van der Waals surface area contributed by atoms with Crippen molar-refractivity contribution in [3.05, 3.63) is 65.9 Å². The van der Waals surface area contributed by atoms with E-state index >= 15 is 0 Å². The summed E-state index contributed by atoms with van der Waals surface area (Å²) in [7, 11) is 1.81. The Hall–Kier alpha value is -2.22. The van der Waals surface area contributed by atoms with Crippen molar-refractivity contribution in [2.75, 3.05) is 31.6 Å². The monoisotopic (exact) mass is 504 g/mol. The Morgan fingerprint density at radius 2 is 1.86 bits per heavy atom. The number of aliphatic imine (C=N–C) groups is 1. The van der Waals surface area contributed by atoms with Crippen LogP contribution >= 0.6 is 24.0 Å². The number of benzene rings is 2. The number of guanidine groups is 1. The van der Waals surface area contributed by atoms with Crippen molar-refractivity contribution in [1.82, 2.24) is 10.6 Å². The van der Waals surface area contributed by atoms with E-state index < -0.39 is 0 Å². The Morgan fingerprint density at radius 3 is 2.62 bits per heavy atom. The topological polar surface area (TPSA) is 52.8 Å². The molecular formula is C23H29IN4O. The van der Waals surface area contributed by atoms with Gasteiger partial charge in [0.25, 0.3) is 0 Å². The number of para-hydroxylation sites is 2. The van der Waals surface area contributed by atoms with Gasteiger partial charge in [0.1, 0.15) is 11.3 Å². The number of furan rings is 1. The van der Waals surface area contributed by atoms with E-state index in [1.54, 1.807) is 0 Å². The minimum Gasteiger partial charge on any atom is -0.459 e. The zero-order chi connectivity index (χ0) is 19.3. The highest BCUT2D eigenvalue weighted by Gasteiger charge is 2.22. The number of nitrogens with one attached hydrogen (secondary N) is 2. The molecule has 0 saturated carbocycles. The SMILES string of the molecule is CN=C(NCc1oc2ccccc2c1C)NCC1CCN(c2ccccc2)C1.I. The van der Waals surface area contributed by atoms with Crippen LogP contribution in [0.3, 0.4) is 0 Å². The molecule has 1 fully saturated rings. The summed E-state index contributed by atoms with van der Waals surface area (Å²) in [4.78, 5) is 6.82. The van der Waals surface area contributed by atoms with Gasteiger partial charge in [0, 0.05) is 43.3 Å². The summed E-state index contributed by atoms with van der Waals surface area (Å²) < 4.78 is 5.98. The molecule has 2 heterocycles. The maximum atomic E-state index is 5.98. The molecule has 0 bridgehead atoms. The average Bonchev–Trinajstić information content (AvgIpc) is 3.34. The normalized spacial score (nSPS) is 16.7. The van der Waals surface area contributed by atoms with Crippen molar-refractivity contribution in [3.63, 3.8) is 0 Å². The van der Waals surface area contributed by atoms with Crippen LogP contribution in [0.1, 0.15) is 17.7 Å². The smallest absolute Gasteiger partial charge is 0.191 e. The van der Waals surface area contributed by atoms with E-state index in [4.69, 9.17) is 4.42 Å². The molecule has 5 nitrogen and oxygen atoms in total. The third-order valence-corrected chi connectivity index (χ3v) is 5.55. The molecule has 2 N–H and O–H groups in total. The van der Waals surface area contributed by atoms with Crippen molar-refractivity contribution in [2.45, 2.75) is 19.9 Å². The van der Waals surface area contributed by atoms with E-state index in [1.807, 2.05) is 25.2 Å². The second-order valence-electron chi connectivity index (χ2n) is 7.39. The second kappa shape index (κ2) is 10.0. The van der Waals surface area contributed by atoms with E-state index in [1.165, 1.54) is 23.1 Å². The van der Waals surface area contributed by atoms with Crippen LogP contribution in [-0.2, 0) is 6.54 Å². The summed E-state index contributed by atoms with van der Waals surface area (Å²) in [6.07, 6.45) is 1.20. The Balaban J connectivity index is 0.00000240. The molecule has 29 heavy (non-hydrogen) atoms. The first-order valence-electron chi connectivity index (χ1n) is 9.96. The van der Waals surface area contributed by atoms with Gasteiger partial charge in [-0.25, -0.2) is 0 Å². The summed E-state index contributed by atoms with van der Waals surface area (Å²) in [6, 6.07) is 18.8. The van der Waals surface area contributed by atoms with Crippen LogP contribution < -0.4 is 15.5 Å². The molecule has 1 aromatic heterocycles. The molecule has 1 aliphatic heterocycles. The lowest BCUT2D eigenvalue weighted by molar-refractivity contribution is 0.529. The third-order valence-electron chi connectivity index (χ3n) is 5.55.